The smallest absolute Gasteiger partial charge is 0.222 e. The molecule has 0 saturated carbocycles. The summed E-state index contributed by atoms with van der Waals surface area (Å²) in [5.74, 6) is 0.773. The van der Waals surface area contributed by atoms with Gasteiger partial charge >= 0.3 is 0 Å². The van der Waals surface area contributed by atoms with Gasteiger partial charge in [0.05, 0.1) is 0 Å². The van der Waals surface area contributed by atoms with E-state index in [4.69, 9.17) is 0 Å². The van der Waals surface area contributed by atoms with Gasteiger partial charge in [-0.3, -0.25) is 4.79 Å². The third-order valence-corrected chi connectivity index (χ3v) is 3.82. The van der Waals surface area contributed by atoms with E-state index in [-0.39, 0.29) is 5.41 Å². The van der Waals surface area contributed by atoms with Gasteiger partial charge in [-0.05, 0) is 18.4 Å². The van der Waals surface area contributed by atoms with Crippen LogP contribution in [-0.2, 0) is 4.79 Å². The van der Waals surface area contributed by atoms with Crippen molar-refractivity contribution in [3.8, 4) is 0 Å². The van der Waals surface area contributed by atoms with E-state index in [0.717, 1.165) is 26.2 Å². The third-order valence-electron chi connectivity index (χ3n) is 3.82. The maximum absolute atomic E-state index is 12.1. The van der Waals surface area contributed by atoms with Gasteiger partial charge in [-0.25, -0.2) is 0 Å². The van der Waals surface area contributed by atoms with Gasteiger partial charge in [0.2, 0.25) is 5.91 Å². The number of piperazine rings is 1. The molecule has 1 fully saturated rings. The molecule has 0 N–H and O–H groups in total. The molecule has 0 aromatic rings. The van der Waals surface area contributed by atoms with Gasteiger partial charge in [0.15, 0.2) is 0 Å². The summed E-state index contributed by atoms with van der Waals surface area (Å²) >= 11 is 0. The van der Waals surface area contributed by atoms with E-state index in [2.05, 4.69) is 39.6 Å². The molecule has 1 saturated heterocycles. The Bertz CT molecular complexity index is 237. The average molecular weight is 226 g/mol. The second-order valence-corrected chi connectivity index (χ2v) is 6.16. The van der Waals surface area contributed by atoms with E-state index >= 15 is 0 Å². The quantitative estimate of drug-likeness (QED) is 0.717. The summed E-state index contributed by atoms with van der Waals surface area (Å²) in [6.07, 6.45) is 0.688. The summed E-state index contributed by atoms with van der Waals surface area (Å²) < 4.78 is 0. The third kappa shape index (κ3) is 3.78. The molecule has 0 aliphatic carbocycles. The standard InChI is InChI=1S/C13H26N2O/c1-11(13(2,3)4)10-12(16)15-8-6-14(5)7-9-15/h11H,6-10H2,1-5H3. The zero-order valence-electron chi connectivity index (χ0n) is 11.4. The lowest BCUT2D eigenvalue weighted by Gasteiger charge is -2.34. The lowest BCUT2D eigenvalue weighted by atomic mass is 9.80. The summed E-state index contributed by atoms with van der Waals surface area (Å²) in [6, 6.07) is 0. The van der Waals surface area contributed by atoms with E-state index in [1.165, 1.54) is 0 Å². The monoisotopic (exact) mass is 226 g/mol. The molecule has 0 radical (unpaired) electrons. The predicted molar refractivity (Wildman–Crippen MR) is 67.3 cm³/mol. The van der Waals surface area contributed by atoms with Crippen LogP contribution < -0.4 is 0 Å². The van der Waals surface area contributed by atoms with Gasteiger partial charge in [-0.2, -0.15) is 0 Å². The van der Waals surface area contributed by atoms with E-state index < -0.39 is 0 Å². The molecule has 0 aromatic carbocycles. The molecule has 1 aliphatic rings. The van der Waals surface area contributed by atoms with Gasteiger partial charge in [-0.15, -0.1) is 0 Å². The molecule has 94 valence electrons. The second kappa shape index (κ2) is 5.17. The minimum Gasteiger partial charge on any atom is -0.340 e. The van der Waals surface area contributed by atoms with Crippen LogP contribution in [0, 0.1) is 11.3 Å². The number of likely N-dealkylation sites (N-methyl/N-ethyl adjacent to an activating group) is 1. The lowest BCUT2D eigenvalue weighted by molar-refractivity contribution is -0.134. The zero-order valence-corrected chi connectivity index (χ0v) is 11.4. The maximum atomic E-state index is 12.1. The Morgan fingerprint density at radius 2 is 1.69 bits per heavy atom. The molecule has 0 spiro atoms. The fourth-order valence-corrected chi connectivity index (χ4v) is 1.75. The molecule has 0 aromatic heterocycles. The topological polar surface area (TPSA) is 23.6 Å². The van der Waals surface area contributed by atoms with Crippen molar-refractivity contribution < 1.29 is 4.79 Å². The van der Waals surface area contributed by atoms with Crippen molar-refractivity contribution in [1.82, 2.24) is 9.80 Å². The number of nitrogens with zero attached hydrogens (tertiary/aromatic N) is 2. The average Bonchev–Trinajstić information content (AvgIpc) is 2.17. The SMILES string of the molecule is CC(CC(=O)N1CCN(C)CC1)C(C)(C)C. The van der Waals surface area contributed by atoms with Crippen molar-refractivity contribution >= 4 is 5.91 Å². The van der Waals surface area contributed by atoms with Crippen LogP contribution >= 0.6 is 0 Å². The largest absolute Gasteiger partial charge is 0.340 e. The summed E-state index contributed by atoms with van der Waals surface area (Å²) in [5, 5.41) is 0. The molecule has 3 heteroatoms. The van der Waals surface area contributed by atoms with Crippen molar-refractivity contribution in [3.63, 3.8) is 0 Å². The van der Waals surface area contributed by atoms with Crippen LogP contribution in [0.4, 0.5) is 0 Å². The van der Waals surface area contributed by atoms with Crippen LogP contribution in [0.25, 0.3) is 0 Å². The highest BCUT2D eigenvalue weighted by atomic mass is 16.2. The first-order valence-corrected chi connectivity index (χ1v) is 6.27. The number of rotatable bonds is 2. The molecule has 0 bridgehead atoms. The Morgan fingerprint density at radius 1 is 1.19 bits per heavy atom. The zero-order chi connectivity index (χ0) is 12.3. The normalized spacial score (nSPS) is 20.9. The molecule has 1 heterocycles. The minimum absolute atomic E-state index is 0.224. The highest BCUT2D eigenvalue weighted by Gasteiger charge is 2.26. The van der Waals surface area contributed by atoms with Crippen LogP contribution in [0.2, 0.25) is 0 Å². The fraction of sp³-hybridized carbons (Fsp3) is 0.923. The summed E-state index contributed by atoms with van der Waals surface area (Å²) in [4.78, 5) is 16.4. The Labute approximate surface area is 99.8 Å². The minimum atomic E-state index is 0.224. The molecule has 16 heavy (non-hydrogen) atoms. The van der Waals surface area contributed by atoms with Crippen LogP contribution in [0.1, 0.15) is 34.1 Å². The van der Waals surface area contributed by atoms with Crippen molar-refractivity contribution in [1.29, 1.82) is 0 Å². The van der Waals surface area contributed by atoms with Gasteiger partial charge in [0, 0.05) is 32.6 Å². The molecular formula is C13H26N2O. The van der Waals surface area contributed by atoms with Gasteiger partial charge < -0.3 is 9.80 Å². The Morgan fingerprint density at radius 3 is 2.12 bits per heavy atom. The predicted octanol–water partition coefficient (Wildman–Crippen LogP) is 1.83. The molecule has 1 unspecified atom stereocenters. The molecule has 1 rings (SSSR count). The van der Waals surface area contributed by atoms with Gasteiger partial charge in [-0.1, -0.05) is 27.7 Å². The number of hydrogen-bond acceptors (Lipinski definition) is 2. The van der Waals surface area contributed by atoms with E-state index in [9.17, 15) is 4.79 Å². The van der Waals surface area contributed by atoms with E-state index in [1.807, 2.05) is 4.90 Å². The number of amides is 1. The molecule has 1 atom stereocenters. The fourth-order valence-electron chi connectivity index (χ4n) is 1.75. The lowest BCUT2D eigenvalue weighted by Crippen LogP contribution is -2.47. The molecule has 1 aliphatic heterocycles. The van der Waals surface area contributed by atoms with Crippen LogP contribution in [0.3, 0.4) is 0 Å². The molecular weight excluding hydrogens is 200 g/mol. The molecule has 1 amide bonds. The van der Waals surface area contributed by atoms with Gasteiger partial charge in [0.1, 0.15) is 0 Å². The number of hydrogen-bond donors (Lipinski definition) is 0. The number of carbonyl (C=O) groups is 1. The summed E-state index contributed by atoms with van der Waals surface area (Å²) in [6.45, 7) is 12.6. The molecule has 3 nitrogen and oxygen atoms in total. The van der Waals surface area contributed by atoms with Crippen LogP contribution in [0.5, 0.6) is 0 Å². The van der Waals surface area contributed by atoms with Crippen LogP contribution in [-0.4, -0.2) is 48.9 Å². The summed E-state index contributed by atoms with van der Waals surface area (Å²) in [5.41, 5.74) is 0.224. The maximum Gasteiger partial charge on any atom is 0.222 e. The van der Waals surface area contributed by atoms with Crippen LogP contribution in [0.15, 0.2) is 0 Å². The summed E-state index contributed by atoms with van der Waals surface area (Å²) in [7, 11) is 2.11. The van der Waals surface area contributed by atoms with Gasteiger partial charge in [0.25, 0.3) is 0 Å². The van der Waals surface area contributed by atoms with Crippen molar-refractivity contribution in [2.24, 2.45) is 11.3 Å². The Kier molecular flexibility index (Phi) is 4.36. The number of carbonyl (C=O) groups excluding carboxylic acids is 1. The van der Waals surface area contributed by atoms with E-state index in [0.29, 0.717) is 18.2 Å². The van der Waals surface area contributed by atoms with Crippen molar-refractivity contribution in [3.05, 3.63) is 0 Å². The Balaban J connectivity index is 2.41. The first kappa shape index (κ1) is 13.5. The highest BCUT2D eigenvalue weighted by Crippen LogP contribution is 2.28. The Hall–Kier alpha value is -0.570. The first-order valence-electron chi connectivity index (χ1n) is 6.27. The highest BCUT2D eigenvalue weighted by molar-refractivity contribution is 5.76. The second-order valence-electron chi connectivity index (χ2n) is 6.16. The first-order chi connectivity index (χ1) is 7.30. The van der Waals surface area contributed by atoms with Crippen molar-refractivity contribution in [2.75, 3.05) is 33.2 Å². The van der Waals surface area contributed by atoms with Crippen molar-refractivity contribution in [2.45, 2.75) is 34.1 Å². The van der Waals surface area contributed by atoms with E-state index in [1.54, 1.807) is 0 Å².